The summed E-state index contributed by atoms with van der Waals surface area (Å²) in [4.78, 5) is 46.1. The van der Waals surface area contributed by atoms with Gasteiger partial charge in [-0.2, -0.15) is 10.6 Å². The summed E-state index contributed by atoms with van der Waals surface area (Å²) in [5.41, 5.74) is 5.33. The van der Waals surface area contributed by atoms with Gasteiger partial charge in [-0.05, 0) is 24.0 Å². The molecule has 0 aromatic carbocycles. The number of ether oxygens (including phenoxy) is 1. The third-order valence-electron chi connectivity index (χ3n) is 4.22. The maximum atomic E-state index is 12.5. The fourth-order valence-electron chi connectivity index (χ4n) is 2.64. The van der Waals surface area contributed by atoms with Gasteiger partial charge >= 0.3 is 11.9 Å². The zero-order chi connectivity index (χ0) is 20.6. The second kappa shape index (κ2) is 10.2. The van der Waals surface area contributed by atoms with Crippen LogP contribution in [0.25, 0.3) is 0 Å². The highest BCUT2D eigenvalue weighted by molar-refractivity contribution is 7.75. The minimum atomic E-state index is -2.28. The Bertz CT molecular complexity index is 652. The lowest BCUT2D eigenvalue weighted by atomic mass is 9.89. The molecule has 0 bridgehead atoms. The van der Waals surface area contributed by atoms with Crippen LogP contribution in [0.5, 0.6) is 0 Å². The molecule has 1 rings (SSSR count). The molecule has 1 saturated heterocycles. The second-order valence-corrected chi connectivity index (χ2v) is 7.39. The van der Waals surface area contributed by atoms with Gasteiger partial charge in [-0.25, -0.2) is 0 Å². The van der Waals surface area contributed by atoms with Crippen molar-refractivity contribution in [3.8, 4) is 0 Å². The van der Waals surface area contributed by atoms with Gasteiger partial charge in [0.25, 0.3) is 0 Å². The summed E-state index contributed by atoms with van der Waals surface area (Å²) in [5.74, 6) is -4.21. The van der Waals surface area contributed by atoms with Crippen LogP contribution < -0.4 is 16.4 Å². The number of carboxylic acid groups (broad SMARTS) is 2. The van der Waals surface area contributed by atoms with Crippen molar-refractivity contribution in [1.82, 2.24) is 10.6 Å². The standard InChI is InChI=1S/C14H23N4O8S/c15-8(13(23)24)1-2-9(19)18-11(12(22)17-7-10(20)21)14(27(16)25)3-5-26-6-4-14/h8,11,16H,1-7,15H2,(H,17,22)(H,18,19)(H,20,21)(H,23,24)/q-1. The molecule has 2 amide bonds. The fraction of sp³-hybridized carbons (Fsp3) is 0.714. The number of nitrogens with one attached hydrogen (secondary N) is 3. The van der Waals surface area contributed by atoms with Crippen LogP contribution in [-0.2, 0) is 38.7 Å². The van der Waals surface area contributed by atoms with Crippen molar-refractivity contribution in [3.63, 3.8) is 0 Å². The minimum absolute atomic E-state index is 0.0448. The molecule has 2 unspecified atom stereocenters. The molecule has 27 heavy (non-hydrogen) atoms. The van der Waals surface area contributed by atoms with Gasteiger partial charge in [0.05, 0.1) is 6.04 Å². The Morgan fingerprint density at radius 1 is 1.22 bits per heavy atom. The van der Waals surface area contributed by atoms with E-state index in [-0.39, 0.29) is 38.9 Å². The number of rotatable bonds is 10. The first-order chi connectivity index (χ1) is 12.6. The van der Waals surface area contributed by atoms with E-state index < -0.39 is 57.7 Å². The summed E-state index contributed by atoms with van der Waals surface area (Å²) in [5, 5.41) is 22.0. The molecule has 1 aliphatic heterocycles. The van der Waals surface area contributed by atoms with Gasteiger partial charge in [-0.1, -0.05) is 0 Å². The van der Waals surface area contributed by atoms with Gasteiger partial charge < -0.3 is 40.3 Å². The highest BCUT2D eigenvalue weighted by Gasteiger charge is 2.41. The summed E-state index contributed by atoms with van der Waals surface area (Å²) in [6.07, 6.45) is -0.412. The van der Waals surface area contributed by atoms with Crippen molar-refractivity contribution in [2.24, 2.45) is 5.73 Å². The summed E-state index contributed by atoms with van der Waals surface area (Å²) >= 11 is 0. The van der Waals surface area contributed by atoms with Crippen molar-refractivity contribution >= 4 is 34.3 Å². The molecule has 0 aromatic heterocycles. The van der Waals surface area contributed by atoms with Gasteiger partial charge in [0, 0.05) is 19.6 Å². The number of carboxylic acids is 2. The van der Waals surface area contributed by atoms with Crippen molar-refractivity contribution in [2.75, 3.05) is 19.8 Å². The van der Waals surface area contributed by atoms with Crippen LogP contribution in [0.15, 0.2) is 0 Å². The number of carbonyl (C=O) groups excluding carboxylic acids is 2. The SMILES string of the molecule is N=[S-](=O)C1(C(NC(=O)CCC(N)C(=O)O)C(=O)NCC(=O)O)CCOCC1. The number of amides is 2. The van der Waals surface area contributed by atoms with Gasteiger partial charge in [-0.15, -0.1) is 0 Å². The molecule has 2 atom stereocenters. The molecule has 1 fully saturated rings. The Hall–Kier alpha value is -2.25. The molecule has 154 valence electrons. The molecule has 13 heteroatoms. The number of aliphatic carboxylic acids is 2. The van der Waals surface area contributed by atoms with Crippen molar-refractivity contribution in [2.45, 2.75) is 42.5 Å². The molecule has 0 saturated carbocycles. The molecule has 0 spiro atoms. The average molecular weight is 407 g/mol. The van der Waals surface area contributed by atoms with E-state index in [1.165, 1.54) is 0 Å². The van der Waals surface area contributed by atoms with E-state index in [1.54, 1.807) is 0 Å². The molecule has 0 aromatic rings. The van der Waals surface area contributed by atoms with Gasteiger partial charge in [-0.3, -0.25) is 19.2 Å². The maximum Gasteiger partial charge on any atom is 0.322 e. The average Bonchev–Trinajstić information content (AvgIpc) is 2.62. The molecule has 1 heterocycles. The highest BCUT2D eigenvalue weighted by atomic mass is 32.2. The first kappa shape index (κ1) is 22.8. The summed E-state index contributed by atoms with van der Waals surface area (Å²) < 4.78 is 23.5. The quantitative estimate of drug-likeness (QED) is 0.224. The third-order valence-corrected chi connectivity index (χ3v) is 5.60. The van der Waals surface area contributed by atoms with E-state index in [2.05, 4.69) is 10.6 Å². The summed E-state index contributed by atoms with van der Waals surface area (Å²) in [7, 11) is -2.28. The lowest BCUT2D eigenvalue weighted by molar-refractivity contribution is -0.139. The molecular weight excluding hydrogens is 384 g/mol. The maximum absolute atomic E-state index is 12.5. The zero-order valence-corrected chi connectivity index (χ0v) is 15.3. The van der Waals surface area contributed by atoms with Crippen LogP contribution in [0.4, 0.5) is 0 Å². The Labute approximate surface area is 156 Å². The van der Waals surface area contributed by atoms with Crippen LogP contribution in [0.3, 0.4) is 0 Å². The fourth-order valence-corrected chi connectivity index (χ4v) is 3.56. The number of hydrogen-bond acceptors (Lipinski definition) is 9. The molecule has 7 N–H and O–H groups in total. The van der Waals surface area contributed by atoms with Crippen molar-refractivity contribution < 1.29 is 38.3 Å². The summed E-state index contributed by atoms with van der Waals surface area (Å²) in [6, 6.07) is -2.70. The third kappa shape index (κ3) is 6.45. The lowest BCUT2D eigenvalue weighted by Gasteiger charge is -2.45. The van der Waals surface area contributed by atoms with E-state index in [0.29, 0.717) is 0 Å². The number of carbonyl (C=O) groups is 4. The monoisotopic (exact) mass is 407 g/mol. The normalized spacial score (nSPS) is 18.3. The first-order valence-electron chi connectivity index (χ1n) is 8.08. The van der Waals surface area contributed by atoms with Gasteiger partial charge in [0.2, 0.25) is 11.8 Å². The molecule has 0 radical (unpaired) electrons. The van der Waals surface area contributed by atoms with E-state index in [4.69, 9.17) is 25.5 Å². The lowest BCUT2D eigenvalue weighted by Crippen LogP contribution is -2.62. The van der Waals surface area contributed by atoms with Crippen LogP contribution in [0.1, 0.15) is 25.7 Å². The van der Waals surface area contributed by atoms with E-state index in [1.807, 2.05) is 0 Å². The topological polar surface area (TPSA) is 209 Å². The van der Waals surface area contributed by atoms with Crippen LogP contribution >= 0.6 is 0 Å². The predicted molar refractivity (Wildman–Crippen MR) is 91.0 cm³/mol. The first-order valence-corrected chi connectivity index (χ1v) is 9.23. The Morgan fingerprint density at radius 3 is 2.30 bits per heavy atom. The van der Waals surface area contributed by atoms with Crippen molar-refractivity contribution in [3.05, 3.63) is 0 Å². The molecular formula is C14H23N4O8S-. The second-order valence-electron chi connectivity index (χ2n) is 6.04. The Balaban J connectivity index is 2.99. The largest absolute Gasteiger partial charge is 0.480 e. The van der Waals surface area contributed by atoms with Crippen LogP contribution in [0.2, 0.25) is 0 Å². The van der Waals surface area contributed by atoms with Crippen LogP contribution in [0, 0.1) is 4.78 Å². The number of nitrogens with two attached hydrogens (primary N) is 1. The summed E-state index contributed by atoms with van der Waals surface area (Å²) in [6.45, 7) is -0.480. The van der Waals surface area contributed by atoms with E-state index >= 15 is 0 Å². The predicted octanol–water partition coefficient (Wildman–Crippen LogP) is -1.86. The molecule has 1 aliphatic rings. The molecule has 12 nitrogen and oxygen atoms in total. The highest BCUT2D eigenvalue weighted by Crippen LogP contribution is 2.29. The Morgan fingerprint density at radius 2 is 1.81 bits per heavy atom. The molecule has 0 aliphatic carbocycles. The van der Waals surface area contributed by atoms with Crippen molar-refractivity contribution in [1.29, 1.82) is 4.78 Å². The van der Waals surface area contributed by atoms with Crippen LogP contribution in [-0.4, -0.2) is 70.6 Å². The number of hydrogen-bond donors (Lipinski definition) is 6. The minimum Gasteiger partial charge on any atom is -0.480 e. The smallest absolute Gasteiger partial charge is 0.322 e. The van der Waals surface area contributed by atoms with Gasteiger partial charge in [0.1, 0.15) is 12.6 Å². The van der Waals surface area contributed by atoms with E-state index in [0.717, 1.165) is 0 Å². The van der Waals surface area contributed by atoms with Gasteiger partial charge in [0.15, 0.2) is 0 Å². The van der Waals surface area contributed by atoms with E-state index in [9.17, 15) is 23.4 Å². The Kier molecular flexibility index (Phi) is 8.59. The zero-order valence-electron chi connectivity index (χ0n) is 14.4.